The minimum atomic E-state index is -0.685. The zero-order valence-electron chi connectivity index (χ0n) is 18.9. The molecule has 1 amide bonds. The van der Waals surface area contributed by atoms with Crippen molar-refractivity contribution in [1.82, 2.24) is 14.3 Å². The number of primary amides is 1. The summed E-state index contributed by atoms with van der Waals surface area (Å²) >= 11 is 0. The number of para-hydroxylation sites is 2. The molecule has 2 N–H and O–H groups in total. The molecule has 1 saturated heterocycles. The third kappa shape index (κ3) is 3.59. The van der Waals surface area contributed by atoms with Gasteiger partial charge in [0.05, 0.1) is 22.6 Å². The van der Waals surface area contributed by atoms with Crippen LogP contribution in [0, 0.1) is 6.92 Å². The van der Waals surface area contributed by atoms with E-state index in [1.165, 1.54) is 10.1 Å². The number of nitrogens with two attached hydrogens (primary N) is 1. The van der Waals surface area contributed by atoms with E-state index in [1.54, 1.807) is 7.05 Å². The normalized spacial score (nSPS) is 14.7. The first-order chi connectivity index (χ1) is 16.0. The Kier molecular flexibility index (Phi) is 5.24. The number of carbonyl (C=O) groups excluding carboxylic acids is 1. The Hall–Kier alpha value is -3.87. The lowest BCUT2D eigenvalue weighted by molar-refractivity contribution is 0.0999. The molecular weight excluding hydrogens is 414 g/mol. The molecule has 0 bridgehead atoms. The van der Waals surface area contributed by atoms with Gasteiger partial charge in [-0.15, -0.1) is 0 Å². The summed E-state index contributed by atoms with van der Waals surface area (Å²) < 4.78 is 3.44. The number of pyridine rings is 1. The van der Waals surface area contributed by atoms with Crippen molar-refractivity contribution in [3.8, 4) is 5.69 Å². The van der Waals surface area contributed by atoms with Crippen LogP contribution in [0.1, 0.15) is 40.4 Å². The second-order valence-electron chi connectivity index (χ2n) is 8.70. The van der Waals surface area contributed by atoms with E-state index in [4.69, 9.17) is 10.8 Å². The standard InChI is InChI=1S/C26H27N5O2/c1-17-7-3-5-9-21(17)31-16-13-20(28-31)18-11-14-30(15-12-18)24-19-8-4-6-10-22(19)29(2)26(33)23(24)25(27)32/h3-10,13,16,18H,11-12,14-15H2,1-2H3,(H2,27,32). The largest absolute Gasteiger partial charge is 0.370 e. The van der Waals surface area contributed by atoms with Gasteiger partial charge in [0.25, 0.3) is 11.5 Å². The third-order valence-electron chi connectivity index (χ3n) is 6.72. The van der Waals surface area contributed by atoms with E-state index >= 15 is 0 Å². The zero-order valence-corrected chi connectivity index (χ0v) is 18.9. The van der Waals surface area contributed by atoms with Gasteiger partial charge in [0, 0.05) is 37.6 Å². The topological polar surface area (TPSA) is 86.1 Å². The number of hydrogen-bond acceptors (Lipinski definition) is 4. The number of aryl methyl sites for hydroxylation is 2. The summed E-state index contributed by atoms with van der Waals surface area (Å²) in [5.74, 6) is -0.364. The van der Waals surface area contributed by atoms with E-state index in [1.807, 2.05) is 47.3 Å². The van der Waals surface area contributed by atoms with Crippen LogP contribution < -0.4 is 16.2 Å². The van der Waals surface area contributed by atoms with Crippen LogP contribution >= 0.6 is 0 Å². The van der Waals surface area contributed by atoms with E-state index < -0.39 is 5.91 Å². The fourth-order valence-electron chi connectivity index (χ4n) is 4.94. The van der Waals surface area contributed by atoms with E-state index in [0.717, 1.165) is 48.2 Å². The molecule has 0 atom stereocenters. The highest BCUT2D eigenvalue weighted by Gasteiger charge is 2.28. The highest BCUT2D eigenvalue weighted by atomic mass is 16.2. The Morgan fingerprint density at radius 2 is 1.73 bits per heavy atom. The van der Waals surface area contributed by atoms with E-state index in [2.05, 4.69) is 30.0 Å². The Bertz CT molecular complexity index is 1410. The fourth-order valence-corrected chi connectivity index (χ4v) is 4.94. The monoisotopic (exact) mass is 441 g/mol. The van der Waals surface area contributed by atoms with Crippen molar-refractivity contribution in [2.75, 3.05) is 18.0 Å². The van der Waals surface area contributed by atoms with Gasteiger partial charge in [-0.2, -0.15) is 5.10 Å². The molecule has 7 heteroatoms. The van der Waals surface area contributed by atoms with E-state index in [9.17, 15) is 9.59 Å². The molecule has 4 aromatic rings. The Morgan fingerprint density at radius 1 is 1.03 bits per heavy atom. The number of anilines is 1. The second kappa shape index (κ2) is 8.24. The molecule has 5 rings (SSSR count). The lowest BCUT2D eigenvalue weighted by Crippen LogP contribution is -2.38. The van der Waals surface area contributed by atoms with E-state index in [0.29, 0.717) is 11.6 Å². The van der Waals surface area contributed by atoms with Gasteiger partial charge >= 0.3 is 0 Å². The lowest BCUT2D eigenvalue weighted by Gasteiger charge is -2.34. The molecule has 3 heterocycles. The van der Waals surface area contributed by atoms with Gasteiger partial charge in [0.1, 0.15) is 5.56 Å². The first kappa shape index (κ1) is 21.0. The third-order valence-corrected chi connectivity index (χ3v) is 6.72. The Balaban J connectivity index is 1.44. The molecule has 0 saturated carbocycles. The number of aromatic nitrogens is 3. The highest BCUT2D eigenvalue weighted by molar-refractivity contribution is 6.06. The number of rotatable bonds is 4. The van der Waals surface area contributed by atoms with Gasteiger partial charge in [-0.25, -0.2) is 4.68 Å². The summed E-state index contributed by atoms with van der Waals surface area (Å²) in [7, 11) is 1.68. The molecular formula is C26H27N5O2. The number of fused-ring (bicyclic) bond motifs is 1. The van der Waals surface area contributed by atoms with Crippen LogP contribution in [-0.4, -0.2) is 33.3 Å². The van der Waals surface area contributed by atoms with Crippen molar-refractivity contribution in [2.45, 2.75) is 25.7 Å². The minimum Gasteiger partial charge on any atom is -0.370 e. The summed E-state index contributed by atoms with van der Waals surface area (Å²) in [5.41, 5.74) is 10.2. The maximum absolute atomic E-state index is 13.0. The highest BCUT2D eigenvalue weighted by Crippen LogP contribution is 2.34. The lowest BCUT2D eigenvalue weighted by atomic mass is 9.92. The molecule has 0 unspecified atom stereocenters. The molecule has 1 fully saturated rings. The van der Waals surface area contributed by atoms with Crippen LogP contribution in [-0.2, 0) is 7.05 Å². The van der Waals surface area contributed by atoms with Crippen molar-refractivity contribution in [2.24, 2.45) is 12.8 Å². The van der Waals surface area contributed by atoms with Gasteiger partial charge < -0.3 is 15.2 Å². The molecule has 0 spiro atoms. The van der Waals surface area contributed by atoms with Gasteiger partial charge in [0.15, 0.2) is 0 Å². The summed E-state index contributed by atoms with van der Waals surface area (Å²) in [6, 6.07) is 18.0. The van der Waals surface area contributed by atoms with E-state index in [-0.39, 0.29) is 11.1 Å². The number of amides is 1. The summed E-state index contributed by atoms with van der Waals surface area (Å²) in [6.07, 6.45) is 3.78. The average molecular weight is 442 g/mol. The number of benzene rings is 2. The SMILES string of the molecule is Cc1ccccc1-n1ccc(C2CCN(c3c(C(N)=O)c(=O)n(C)c4ccccc34)CC2)n1. The van der Waals surface area contributed by atoms with Crippen LogP contribution in [0.3, 0.4) is 0 Å². The van der Waals surface area contributed by atoms with Crippen molar-refractivity contribution < 1.29 is 4.79 Å². The van der Waals surface area contributed by atoms with Crippen LogP contribution in [0.2, 0.25) is 0 Å². The van der Waals surface area contributed by atoms with Crippen LogP contribution in [0.5, 0.6) is 0 Å². The second-order valence-corrected chi connectivity index (χ2v) is 8.70. The summed E-state index contributed by atoms with van der Waals surface area (Å²) in [4.78, 5) is 27.4. The van der Waals surface area contributed by atoms with Gasteiger partial charge in [0.2, 0.25) is 0 Å². The molecule has 7 nitrogen and oxygen atoms in total. The number of piperidine rings is 1. The zero-order chi connectivity index (χ0) is 23.1. The smallest absolute Gasteiger partial charge is 0.265 e. The minimum absolute atomic E-state index is 0.0680. The molecule has 1 aliphatic heterocycles. The molecule has 2 aromatic heterocycles. The number of nitrogens with zero attached hydrogens (tertiary/aromatic N) is 4. The Morgan fingerprint density at radius 3 is 2.45 bits per heavy atom. The summed E-state index contributed by atoms with van der Waals surface area (Å²) in [5, 5.41) is 5.73. The maximum Gasteiger partial charge on any atom is 0.265 e. The first-order valence-corrected chi connectivity index (χ1v) is 11.2. The van der Waals surface area contributed by atoms with Gasteiger partial charge in [-0.05, 0) is 43.5 Å². The average Bonchev–Trinajstić information content (AvgIpc) is 3.31. The molecule has 0 aliphatic carbocycles. The molecule has 2 aromatic carbocycles. The van der Waals surface area contributed by atoms with Crippen molar-refractivity contribution >= 4 is 22.5 Å². The fraction of sp³-hybridized carbons (Fsp3) is 0.269. The quantitative estimate of drug-likeness (QED) is 0.525. The molecule has 33 heavy (non-hydrogen) atoms. The van der Waals surface area contributed by atoms with Crippen molar-refractivity contribution in [3.05, 3.63) is 88.0 Å². The predicted octanol–water partition coefficient (Wildman–Crippen LogP) is 3.52. The van der Waals surface area contributed by atoms with Gasteiger partial charge in [-0.1, -0.05) is 36.4 Å². The van der Waals surface area contributed by atoms with Crippen LogP contribution in [0.25, 0.3) is 16.6 Å². The first-order valence-electron chi connectivity index (χ1n) is 11.2. The van der Waals surface area contributed by atoms with Crippen molar-refractivity contribution in [3.63, 3.8) is 0 Å². The van der Waals surface area contributed by atoms with Crippen LogP contribution in [0.4, 0.5) is 5.69 Å². The number of carbonyl (C=O) groups is 1. The molecule has 1 aliphatic rings. The van der Waals surface area contributed by atoms with Crippen molar-refractivity contribution in [1.29, 1.82) is 0 Å². The van der Waals surface area contributed by atoms with Crippen LogP contribution in [0.15, 0.2) is 65.6 Å². The molecule has 168 valence electrons. The molecule has 0 radical (unpaired) electrons. The van der Waals surface area contributed by atoms with Gasteiger partial charge in [-0.3, -0.25) is 9.59 Å². The maximum atomic E-state index is 13.0. The predicted molar refractivity (Wildman–Crippen MR) is 130 cm³/mol. The summed E-state index contributed by atoms with van der Waals surface area (Å²) in [6.45, 7) is 3.53. The number of hydrogen-bond donors (Lipinski definition) is 1. The Labute approximate surface area is 192 Å².